The molecule has 0 spiro atoms. The van der Waals surface area contributed by atoms with Crippen molar-refractivity contribution in [3.63, 3.8) is 0 Å². The third kappa shape index (κ3) is 2.67. The van der Waals surface area contributed by atoms with Gasteiger partial charge in [-0.25, -0.2) is 0 Å². The SMILES string of the molecule is COc1ccc(C2=NCC(=O)Nc3c2ccc2ccccc32)cc1OC. The van der Waals surface area contributed by atoms with Gasteiger partial charge in [0.1, 0.15) is 6.54 Å². The minimum absolute atomic E-state index is 0.0761. The fraction of sp³-hybridized carbons (Fsp3) is 0.143. The number of ether oxygens (including phenoxy) is 2. The molecule has 0 aliphatic carbocycles. The average Bonchev–Trinajstić information content (AvgIpc) is 2.86. The molecule has 3 aromatic carbocycles. The summed E-state index contributed by atoms with van der Waals surface area (Å²) in [7, 11) is 3.20. The predicted molar refractivity (Wildman–Crippen MR) is 103 cm³/mol. The average molecular weight is 346 g/mol. The van der Waals surface area contributed by atoms with E-state index in [2.05, 4.69) is 10.3 Å². The lowest BCUT2D eigenvalue weighted by molar-refractivity contribution is -0.114. The summed E-state index contributed by atoms with van der Waals surface area (Å²) in [5.41, 5.74) is 3.31. The summed E-state index contributed by atoms with van der Waals surface area (Å²) >= 11 is 0. The lowest BCUT2D eigenvalue weighted by atomic mass is 9.96. The van der Waals surface area contributed by atoms with E-state index in [1.54, 1.807) is 14.2 Å². The molecule has 0 unspecified atom stereocenters. The van der Waals surface area contributed by atoms with Crippen LogP contribution in [0.5, 0.6) is 11.5 Å². The van der Waals surface area contributed by atoms with Gasteiger partial charge in [-0.3, -0.25) is 9.79 Å². The zero-order valence-electron chi connectivity index (χ0n) is 14.6. The maximum Gasteiger partial charge on any atom is 0.246 e. The van der Waals surface area contributed by atoms with E-state index in [1.165, 1.54) is 0 Å². The lowest BCUT2D eigenvalue weighted by Gasteiger charge is -2.14. The van der Waals surface area contributed by atoms with Gasteiger partial charge in [0, 0.05) is 16.5 Å². The molecule has 0 saturated heterocycles. The molecule has 130 valence electrons. The van der Waals surface area contributed by atoms with Crippen LogP contribution in [-0.4, -0.2) is 32.4 Å². The van der Waals surface area contributed by atoms with Crippen LogP contribution >= 0.6 is 0 Å². The highest BCUT2D eigenvalue weighted by atomic mass is 16.5. The molecule has 0 bridgehead atoms. The molecule has 1 N–H and O–H groups in total. The summed E-state index contributed by atoms with van der Waals surface area (Å²) in [6.07, 6.45) is 0. The normalized spacial score (nSPS) is 13.5. The Morgan fingerprint density at radius 1 is 0.962 bits per heavy atom. The topological polar surface area (TPSA) is 59.9 Å². The quantitative estimate of drug-likeness (QED) is 0.787. The third-order valence-corrected chi connectivity index (χ3v) is 4.49. The van der Waals surface area contributed by atoms with Crippen molar-refractivity contribution in [1.82, 2.24) is 0 Å². The molecule has 0 radical (unpaired) electrons. The highest BCUT2D eigenvalue weighted by molar-refractivity contribution is 6.23. The van der Waals surface area contributed by atoms with Crippen LogP contribution < -0.4 is 14.8 Å². The number of aliphatic imine (C=N–C) groups is 1. The first-order valence-electron chi connectivity index (χ1n) is 8.30. The Bertz CT molecular complexity index is 1040. The van der Waals surface area contributed by atoms with E-state index in [4.69, 9.17) is 9.47 Å². The fourth-order valence-corrected chi connectivity index (χ4v) is 3.25. The van der Waals surface area contributed by atoms with Gasteiger partial charge in [0.05, 0.1) is 25.6 Å². The lowest BCUT2D eigenvalue weighted by Crippen LogP contribution is -2.13. The van der Waals surface area contributed by atoms with Gasteiger partial charge in [-0.1, -0.05) is 36.4 Å². The van der Waals surface area contributed by atoms with Gasteiger partial charge in [0.15, 0.2) is 11.5 Å². The number of rotatable bonds is 3. The molecule has 26 heavy (non-hydrogen) atoms. The number of carbonyl (C=O) groups is 1. The molecule has 3 aromatic rings. The second-order valence-corrected chi connectivity index (χ2v) is 5.99. The van der Waals surface area contributed by atoms with Crippen molar-refractivity contribution >= 4 is 28.1 Å². The van der Waals surface area contributed by atoms with E-state index in [9.17, 15) is 4.79 Å². The Balaban J connectivity index is 1.93. The number of hydrogen-bond donors (Lipinski definition) is 1. The van der Waals surface area contributed by atoms with Crippen LogP contribution in [0.1, 0.15) is 11.1 Å². The number of amides is 1. The Hall–Kier alpha value is -3.34. The number of carbonyl (C=O) groups excluding carboxylic acids is 1. The fourth-order valence-electron chi connectivity index (χ4n) is 3.25. The van der Waals surface area contributed by atoms with Crippen LogP contribution in [-0.2, 0) is 4.79 Å². The summed E-state index contributed by atoms with van der Waals surface area (Å²) in [4.78, 5) is 16.8. The molecule has 5 nitrogen and oxygen atoms in total. The van der Waals surface area contributed by atoms with Crippen LogP contribution in [0.25, 0.3) is 10.8 Å². The third-order valence-electron chi connectivity index (χ3n) is 4.49. The highest BCUT2D eigenvalue weighted by Crippen LogP contribution is 2.33. The number of methoxy groups -OCH3 is 2. The Kier molecular flexibility index (Phi) is 4.05. The van der Waals surface area contributed by atoms with Gasteiger partial charge in [-0.2, -0.15) is 0 Å². The predicted octanol–water partition coefficient (Wildman–Crippen LogP) is 3.65. The minimum atomic E-state index is -0.127. The van der Waals surface area contributed by atoms with Crippen molar-refractivity contribution in [1.29, 1.82) is 0 Å². The van der Waals surface area contributed by atoms with Gasteiger partial charge in [0.2, 0.25) is 5.91 Å². The summed E-state index contributed by atoms with van der Waals surface area (Å²) in [5, 5.41) is 5.07. The van der Waals surface area contributed by atoms with Gasteiger partial charge < -0.3 is 14.8 Å². The summed E-state index contributed by atoms with van der Waals surface area (Å²) < 4.78 is 10.7. The molecule has 1 heterocycles. The monoisotopic (exact) mass is 346 g/mol. The number of anilines is 1. The maximum atomic E-state index is 12.2. The largest absolute Gasteiger partial charge is 0.493 e. The summed E-state index contributed by atoms with van der Waals surface area (Å²) in [6, 6.07) is 17.7. The first-order chi connectivity index (χ1) is 12.7. The van der Waals surface area contributed by atoms with E-state index in [1.807, 2.05) is 54.6 Å². The molecular weight excluding hydrogens is 328 g/mol. The minimum Gasteiger partial charge on any atom is -0.493 e. The molecule has 5 heteroatoms. The van der Waals surface area contributed by atoms with Crippen LogP contribution in [0.4, 0.5) is 5.69 Å². The van der Waals surface area contributed by atoms with Crippen molar-refractivity contribution in [2.45, 2.75) is 0 Å². The maximum absolute atomic E-state index is 12.2. The molecule has 4 rings (SSSR count). The van der Waals surface area contributed by atoms with E-state index < -0.39 is 0 Å². The Morgan fingerprint density at radius 2 is 1.77 bits per heavy atom. The number of nitrogens with one attached hydrogen (secondary N) is 1. The number of benzene rings is 3. The van der Waals surface area contributed by atoms with Gasteiger partial charge in [-0.05, 0) is 23.6 Å². The smallest absolute Gasteiger partial charge is 0.246 e. The molecule has 1 aliphatic rings. The number of nitrogens with zero attached hydrogens (tertiary/aromatic N) is 1. The molecule has 1 aliphatic heterocycles. The Morgan fingerprint density at radius 3 is 2.58 bits per heavy atom. The molecular formula is C21H18N2O3. The summed E-state index contributed by atoms with van der Waals surface area (Å²) in [5.74, 6) is 1.15. The summed E-state index contributed by atoms with van der Waals surface area (Å²) in [6.45, 7) is 0.0761. The van der Waals surface area contributed by atoms with E-state index in [0.717, 1.165) is 33.3 Å². The first-order valence-corrected chi connectivity index (χ1v) is 8.30. The van der Waals surface area contributed by atoms with Gasteiger partial charge in [-0.15, -0.1) is 0 Å². The molecule has 0 atom stereocenters. The van der Waals surface area contributed by atoms with Crippen LogP contribution in [0.3, 0.4) is 0 Å². The molecule has 0 fully saturated rings. The zero-order valence-corrected chi connectivity index (χ0v) is 14.6. The second-order valence-electron chi connectivity index (χ2n) is 5.99. The number of fused-ring (bicyclic) bond motifs is 3. The van der Waals surface area contributed by atoms with Crippen LogP contribution in [0, 0.1) is 0 Å². The van der Waals surface area contributed by atoms with Crippen molar-refractivity contribution in [3.05, 3.63) is 65.7 Å². The van der Waals surface area contributed by atoms with E-state index in [-0.39, 0.29) is 12.5 Å². The number of hydrogen-bond acceptors (Lipinski definition) is 4. The highest BCUT2D eigenvalue weighted by Gasteiger charge is 2.21. The standard InChI is InChI=1S/C21H18N2O3/c1-25-17-10-8-14(11-18(17)26-2)20-16-9-7-13-5-3-4-6-15(13)21(16)23-19(24)12-22-20/h3-11H,12H2,1-2H3,(H,23,24). The van der Waals surface area contributed by atoms with E-state index in [0.29, 0.717) is 11.5 Å². The van der Waals surface area contributed by atoms with Crippen molar-refractivity contribution in [2.75, 3.05) is 26.1 Å². The van der Waals surface area contributed by atoms with E-state index >= 15 is 0 Å². The zero-order chi connectivity index (χ0) is 18.1. The van der Waals surface area contributed by atoms with Crippen LogP contribution in [0.15, 0.2) is 59.6 Å². The molecule has 0 saturated carbocycles. The van der Waals surface area contributed by atoms with Crippen molar-refractivity contribution in [3.8, 4) is 11.5 Å². The van der Waals surface area contributed by atoms with Gasteiger partial charge >= 0.3 is 0 Å². The van der Waals surface area contributed by atoms with Crippen LogP contribution in [0.2, 0.25) is 0 Å². The van der Waals surface area contributed by atoms with Gasteiger partial charge in [0.25, 0.3) is 0 Å². The second kappa shape index (κ2) is 6.52. The van der Waals surface area contributed by atoms with Crippen molar-refractivity contribution < 1.29 is 14.3 Å². The molecule has 1 amide bonds. The molecule has 0 aromatic heterocycles. The van der Waals surface area contributed by atoms with Crippen molar-refractivity contribution in [2.24, 2.45) is 4.99 Å². The Labute approximate surface area is 151 Å². The first kappa shape index (κ1) is 16.1.